The SMILES string of the molecule is O=C(O)c1cc(Br)ccc1COCc1ccccc1. The van der Waals surface area contributed by atoms with Crippen LogP contribution in [0.5, 0.6) is 0 Å². The van der Waals surface area contributed by atoms with Gasteiger partial charge in [0.2, 0.25) is 0 Å². The second-order valence-electron chi connectivity index (χ2n) is 4.09. The fourth-order valence-electron chi connectivity index (χ4n) is 1.73. The van der Waals surface area contributed by atoms with Crippen molar-refractivity contribution in [3.8, 4) is 0 Å². The molecule has 0 atom stereocenters. The van der Waals surface area contributed by atoms with Gasteiger partial charge in [-0.3, -0.25) is 0 Å². The molecule has 0 aliphatic heterocycles. The molecule has 0 aliphatic carbocycles. The topological polar surface area (TPSA) is 46.5 Å². The molecule has 2 aromatic carbocycles. The predicted molar refractivity (Wildman–Crippen MR) is 76.0 cm³/mol. The highest BCUT2D eigenvalue weighted by atomic mass is 79.9. The van der Waals surface area contributed by atoms with Gasteiger partial charge in [0.1, 0.15) is 0 Å². The summed E-state index contributed by atoms with van der Waals surface area (Å²) in [6.07, 6.45) is 0. The number of rotatable bonds is 5. The van der Waals surface area contributed by atoms with Gasteiger partial charge in [0, 0.05) is 4.47 Å². The molecule has 98 valence electrons. The molecular weight excluding hydrogens is 308 g/mol. The van der Waals surface area contributed by atoms with Crippen LogP contribution in [0.15, 0.2) is 53.0 Å². The van der Waals surface area contributed by atoms with Crippen LogP contribution < -0.4 is 0 Å². The number of carboxylic acids is 1. The first-order valence-corrected chi connectivity index (χ1v) is 6.59. The summed E-state index contributed by atoms with van der Waals surface area (Å²) in [6.45, 7) is 0.750. The molecule has 0 aliphatic rings. The summed E-state index contributed by atoms with van der Waals surface area (Å²) in [6, 6.07) is 14.9. The lowest BCUT2D eigenvalue weighted by atomic mass is 10.1. The number of hydrogen-bond acceptors (Lipinski definition) is 2. The molecule has 0 saturated heterocycles. The molecule has 2 rings (SSSR count). The number of carbonyl (C=O) groups is 1. The Balaban J connectivity index is 2.02. The van der Waals surface area contributed by atoms with Crippen LogP contribution in [0.1, 0.15) is 21.5 Å². The number of aromatic carboxylic acids is 1. The van der Waals surface area contributed by atoms with E-state index in [4.69, 9.17) is 9.84 Å². The lowest BCUT2D eigenvalue weighted by Crippen LogP contribution is -2.04. The second kappa shape index (κ2) is 6.50. The third kappa shape index (κ3) is 3.91. The molecule has 0 spiro atoms. The third-order valence-corrected chi connectivity index (χ3v) is 3.16. The molecule has 0 amide bonds. The standard InChI is InChI=1S/C15H13BrO3/c16-13-7-6-12(14(8-13)15(17)18)10-19-9-11-4-2-1-3-5-11/h1-8H,9-10H2,(H,17,18). The summed E-state index contributed by atoms with van der Waals surface area (Å²) in [5.41, 5.74) is 2.01. The van der Waals surface area contributed by atoms with E-state index in [1.165, 1.54) is 0 Å². The van der Waals surface area contributed by atoms with E-state index >= 15 is 0 Å². The Kier molecular flexibility index (Phi) is 4.71. The zero-order valence-corrected chi connectivity index (χ0v) is 11.8. The normalized spacial score (nSPS) is 10.4. The molecule has 0 fully saturated rings. The van der Waals surface area contributed by atoms with Crippen LogP contribution in [0.4, 0.5) is 0 Å². The Morgan fingerprint density at radius 2 is 1.84 bits per heavy atom. The van der Waals surface area contributed by atoms with Crippen LogP contribution in [-0.4, -0.2) is 11.1 Å². The molecular formula is C15H13BrO3. The van der Waals surface area contributed by atoms with Gasteiger partial charge in [0.15, 0.2) is 0 Å². The highest BCUT2D eigenvalue weighted by molar-refractivity contribution is 9.10. The van der Waals surface area contributed by atoms with E-state index in [2.05, 4.69) is 15.9 Å². The Bertz CT molecular complexity index is 567. The quantitative estimate of drug-likeness (QED) is 0.909. The minimum Gasteiger partial charge on any atom is -0.478 e. The minimum absolute atomic E-state index is 0.266. The molecule has 4 heteroatoms. The average molecular weight is 321 g/mol. The van der Waals surface area contributed by atoms with Crippen molar-refractivity contribution < 1.29 is 14.6 Å². The van der Waals surface area contributed by atoms with Crippen molar-refractivity contribution in [2.24, 2.45) is 0 Å². The molecule has 19 heavy (non-hydrogen) atoms. The van der Waals surface area contributed by atoms with Gasteiger partial charge >= 0.3 is 5.97 Å². The van der Waals surface area contributed by atoms with E-state index in [0.29, 0.717) is 12.2 Å². The van der Waals surface area contributed by atoms with Crippen molar-refractivity contribution in [2.45, 2.75) is 13.2 Å². The van der Waals surface area contributed by atoms with E-state index in [1.807, 2.05) is 36.4 Å². The summed E-state index contributed by atoms with van der Waals surface area (Å²) >= 11 is 3.27. The first-order chi connectivity index (χ1) is 9.16. The first kappa shape index (κ1) is 13.8. The van der Waals surface area contributed by atoms with Crippen molar-refractivity contribution in [3.63, 3.8) is 0 Å². The van der Waals surface area contributed by atoms with Crippen molar-refractivity contribution in [2.75, 3.05) is 0 Å². The Labute approximate surface area is 120 Å². The van der Waals surface area contributed by atoms with Gasteiger partial charge in [-0.1, -0.05) is 52.3 Å². The molecule has 0 heterocycles. The van der Waals surface area contributed by atoms with Crippen LogP contribution in [0.2, 0.25) is 0 Å². The van der Waals surface area contributed by atoms with Crippen molar-refractivity contribution in [1.82, 2.24) is 0 Å². The van der Waals surface area contributed by atoms with Crippen LogP contribution in [-0.2, 0) is 18.0 Å². The maximum absolute atomic E-state index is 11.1. The van der Waals surface area contributed by atoms with Gasteiger partial charge in [-0.05, 0) is 23.3 Å². The van der Waals surface area contributed by atoms with Crippen LogP contribution in [0, 0.1) is 0 Å². The number of carboxylic acid groups (broad SMARTS) is 1. The van der Waals surface area contributed by atoms with Gasteiger partial charge in [0.05, 0.1) is 18.8 Å². The van der Waals surface area contributed by atoms with Gasteiger partial charge in [-0.2, -0.15) is 0 Å². The maximum Gasteiger partial charge on any atom is 0.336 e. The third-order valence-electron chi connectivity index (χ3n) is 2.67. The number of ether oxygens (including phenoxy) is 1. The lowest BCUT2D eigenvalue weighted by Gasteiger charge is -2.08. The fourth-order valence-corrected chi connectivity index (χ4v) is 2.09. The van der Waals surface area contributed by atoms with Crippen molar-refractivity contribution >= 4 is 21.9 Å². The number of benzene rings is 2. The Morgan fingerprint density at radius 3 is 2.53 bits per heavy atom. The highest BCUT2D eigenvalue weighted by Crippen LogP contribution is 2.18. The molecule has 0 saturated carbocycles. The van der Waals surface area contributed by atoms with Gasteiger partial charge in [-0.15, -0.1) is 0 Å². The smallest absolute Gasteiger partial charge is 0.336 e. The predicted octanol–water partition coefficient (Wildman–Crippen LogP) is 3.86. The maximum atomic E-state index is 11.1. The summed E-state index contributed by atoms with van der Waals surface area (Å²) in [7, 11) is 0. The second-order valence-corrected chi connectivity index (χ2v) is 5.00. The number of halogens is 1. The minimum atomic E-state index is -0.945. The molecule has 0 bridgehead atoms. The highest BCUT2D eigenvalue weighted by Gasteiger charge is 2.10. The van der Waals surface area contributed by atoms with Crippen molar-refractivity contribution in [1.29, 1.82) is 0 Å². The monoisotopic (exact) mass is 320 g/mol. The van der Waals surface area contributed by atoms with Gasteiger partial charge < -0.3 is 9.84 Å². The zero-order valence-electron chi connectivity index (χ0n) is 10.2. The largest absolute Gasteiger partial charge is 0.478 e. The molecule has 0 aromatic heterocycles. The van der Waals surface area contributed by atoms with E-state index in [0.717, 1.165) is 10.0 Å². The fraction of sp³-hybridized carbons (Fsp3) is 0.133. The Morgan fingerprint density at radius 1 is 1.11 bits per heavy atom. The van der Waals surface area contributed by atoms with Crippen LogP contribution in [0.3, 0.4) is 0 Å². The molecule has 2 aromatic rings. The van der Waals surface area contributed by atoms with Gasteiger partial charge in [0.25, 0.3) is 0 Å². The summed E-state index contributed by atoms with van der Waals surface area (Å²) < 4.78 is 6.30. The van der Waals surface area contributed by atoms with E-state index in [-0.39, 0.29) is 12.2 Å². The van der Waals surface area contributed by atoms with Crippen LogP contribution in [0.25, 0.3) is 0 Å². The summed E-state index contributed by atoms with van der Waals surface area (Å²) in [5.74, 6) is -0.945. The van der Waals surface area contributed by atoms with Crippen molar-refractivity contribution in [3.05, 3.63) is 69.7 Å². The molecule has 3 nitrogen and oxygen atoms in total. The zero-order chi connectivity index (χ0) is 13.7. The van der Waals surface area contributed by atoms with E-state index in [9.17, 15) is 4.79 Å². The molecule has 1 N–H and O–H groups in total. The molecule has 0 unspecified atom stereocenters. The average Bonchev–Trinajstić information content (AvgIpc) is 2.41. The van der Waals surface area contributed by atoms with E-state index in [1.54, 1.807) is 12.1 Å². The molecule has 0 radical (unpaired) electrons. The number of hydrogen-bond donors (Lipinski definition) is 1. The summed E-state index contributed by atoms with van der Waals surface area (Å²) in [4.78, 5) is 11.1. The van der Waals surface area contributed by atoms with Crippen LogP contribution >= 0.6 is 15.9 Å². The van der Waals surface area contributed by atoms with E-state index < -0.39 is 5.97 Å². The Hall–Kier alpha value is -1.65. The summed E-state index contributed by atoms with van der Waals surface area (Å²) in [5, 5.41) is 9.13. The first-order valence-electron chi connectivity index (χ1n) is 5.80. The lowest BCUT2D eigenvalue weighted by molar-refractivity contribution is 0.0684. The van der Waals surface area contributed by atoms with Gasteiger partial charge in [-0.25, -0.2) is 4.79 Å².